The molecule has 0 aliphatic carbocycles. The molecule has 0 unspecified atom stereocenters. The average molecular weight is 447 g/mol. The van der Waals surface area contributed by atoms with Crippen LogP contribution in [0.4, 0.5) is 26.1 Å². The van der Waals surface area contributed by atoms with Gasteiger partial charge in [-0.3, -0.25) is 9.48 Å². The number of halogens is 2. The maximum Gasteiger partial charge on any atom is 0.252 e. The number of carbonyl (C=O) groups excluding carboxylic acids is 1. The molecule has 3 aromatic rings. The molecule has 0 spiro atoms. The largest absolute Gasteiger partial charge is 0.479 e. The van der Waals surface area contributed by atoms with Gasteiger partial charge in [0.25, 0.3) is 5.91 Å². The van der Waals surface area contributed by atoms with Gasteiger partial charge in [-0.1, -0.05) is 13.8 Å². The zero-order chi connectivity index (χ0) is 23.6. The molecule has 1 amide bonds. The maximum atomic E-state index is 14.7. The number of primary amides is 1. The second kappa shape index (κ2) is 9.35. The first-order valence-corrected chi connectivity index (χ1v) is 10.1. The number of ether oxygens (including phenoxy) is 1. The molecule has 0 saturated heterocycles. The van der Waals surface area contributed by atoms with E-state index in [1.807, 2.05) is 13.8 Å². The van der Waals surface area contributed by atoms with E-state index in [9.17, 15) is 13.6 Å². The molecule has 9 nitrogen and oxygen atoms in total. The molecule has 1 atom stereocenters. The highest BCUT2D eigenvalue weighted by molar-refractivity contribution is 5.99. The van der Waals surface area contributed by atoms with Gasteiger partial charge in [-0.05, 0) is 30.5 Å². The molecule has 3 rings (SSSR count). The number of aromatic nitrogens is 3. The number of rotatable bonds is 9. The van der Waals surface area contributed by atoms with E-state index < -0.39 is 17.5 Å². The molecule has 0 aliphatic heterocycles. The van der Waals surface area contributed by atoms with Crippen molar-refractivity contribution in [2.24, 2.45) is 24.4 Å². The highest BCUT2D eigenvalue weighted by Gasteiger charge is 2.20. The first-order chi connectivity index (χ1) is 15.1. The number of hydrogen-bond acceptors (Lipinski definition) is 7. The number of hydrogen-bond donors (Lipinski definition) is 4. The summed E-state index contributed by atoms with van der Waals surface area (Å²) in [5.74, 6) is -1.76. The molecule has 6 N–H and O–H groups in total. The lowest BCUT2D eigenvalue weighted by Crippen LogP contribution is -2.31. The quantitative estimate of drug-likeness (QED) is 0.396. The second-order valence-electron chi connectivity index (χ2n) is 7.90. The standard InChI is InChI=1S/C21H27F2N7O2/c1-10(2)5-12(9-24)27-20-16(23)8-14(18(25)31)19(28-20)26-11-6-13-17(15(22)7-11)30(3)29-21(13)32-4/h6-8,10,12H,5,9,24H2,1-4H3,(H2,25,31)(H2,26,27,28)/t12-/m1/s1. The lowest BCUT2D eigenvalue weighted by Gasteiger charge is -2.21. The van der Waals surface area contributed by atoms with Crippen LogP contribution in [0.5, 0.6) is 5.88 Å². The predicted octanol–water partition coefficient (Wildman–Crippen LogP) is 2.88. The van der Waals surface area contributed by atoms with Crippen LogP contribution >= 0.6 is 0 Å². The molecule has 172 valence electrons. The van der Waals surface area contributed by atoms with Crippen molar-refractivity contribution in [1.29, 1.82) is 0 Å². The second-order valence-corrected chi connectivity index (χ2v) is 7.90. The molecule has 0 fully saturated rings. The van der Waals surface area contributed by atoms with Crippen molar-refractivity contribution in [3.63, 3.8) is 0 Å². The van der Waals surface area contributed by atoms with E-state index >= 15 is 0 Å². The fourth-order valence-corrected chi connectivity index (χ4v) is 3.54. The molecule has 32 heavy (non-hydrogen) atoms. The minimum absolute atomic E-state index is 0.0247. The minimum Gasteiger partial charge on any atom is -0.479 e. The summed E-state index contributed by atoms with van der Waals surface area (Å²) in [6.07, 6.45) is 0.695. The Morgan fingerprint density at radius 1 is 1.22 bits per heavy atom. The van der Waals surface area contributed by atoms with Gasteiger partial charge in [-0.15, -0.1) is 5.10 Å². The average Bonchev–Trinajstić information content (AvgIpc) is 3.05. The Labute approximate surface area is 184 Å². The van der Waals surface area contributed by atoms with E-state index in [1.54, 1.807) is 13.1 Å². The summed E-state index contributed by atoms with van der Waals surface area (Å²) in [5, 5.41) is 10.4. The van der Waals surface area contributed by atoms with Crippen LogP contribution in [0, 0.1) is 17.6 Å². The third kappa shape index (κ3) is 4.72. The molecule has 1 aromatic carbocycles. The normalized spacial score (nSPS) is 12.2. The van der Waals surface area contributed by atoms with Crippen LogP contribution in [0.1, 0.15) is 30.6 Å². The Balaban J connectivity index is 2.03. The van der Waals surface area contributed by atoms with Gasteiger partial charge in [0.15, 0.2) is 17.5 Å². The van der Waals surface area contributed by atoms with Gasteiger partial charge >= 0.3 is 0 Å². The Bertz CT molecular complexity index is 1150. The number of nitrogens with two attached hydrogens (primary N) is 2. The zero-order valence-electron chi connectivity index (χ0n) is 18.4. The smallest absolute Gasteiger partial charge is 0.252 e. The van der Waals surface area contributed by atoms with Gasteiger partial charge in [0.2, 0.25) is 5.88 Å². The van der Waals surface area contributed by atoms with Gasteiger partial charge in [0.1, 0.15) is 11.3 Å². The summed E-state index contributed by atoms with van der Waals surface area (Å²) < 4.78 is 36.0. The van der Waals surface area contributed by atoms with E-state index in [2.05, 4.69) is 20.7 Å². The van der Waals surface area contributed by atoms with Crippen LogP contribution in [0.25, 0.3) is 10.9 Å². The molecule has 0 aliphatic rings. The van der Waals surface area contributed by atoms with Crippen LogP contribution in [-0.2, 0) is 7.05 Å². The van der Waals surface area contributed by atoms with Gasteiger partial charge in [-0.2, -0.15) is 0 Å². The number of nitrogens with one attached hydrogen (secondary N) is 2. The third-order valence-corrected chi connectivity index (χ3v) is 4.94. The number of anilines is 3. The van der Waals surface area contributed by atoms with Crippen LogP contribution in [0.3, 0.4) is 0 Å². The van der Waals surface area contributed by atoms with Gasteiger partial charge < -0.3 is 26.8 Å². The first kappa shape index (κ1) is 23.2. The van der Waals surface area contributed by atoms with Crippen molar-refractivity contribution in [3.05, 3.63) is 35.4 Å². The van der Waals surface area contributed by atoms with Gasteiger partial charge in [0, 0.05) is 25.3 Å². The van der Waals surface area contributed by atoms with Crippen molar-refractivity contribution >= 4 is 34.1 Å². The fraction of sp³-hybridized carbons (Fsp3) is 0.381. The Morgan fingerprint density at radius 2 is 1.94 bits per heavy atom. The number of benzene rings is 1. The van der Waals surface area contributed by atoms with Gasteiger partial charge in [0.05, 0.1) is 18.1 Å². The minimum atomic E-state index is -0.886. The van der Waals surface area contributed by atoms with Crippen molar-refractivity contribution in [1.82, 2.24) is 14.8 Å². The Morgan fingerprint density at radius 3 is 2.53 bits per heavy atom. The number of pyridine rings is 1. The molecular weight excluding hydrogens is 420 g/mol. The molecule has 0 saturated carbocycles. The Kier molecular flexibility index (Phi) is 6.78. The summed E-state index contributed by atoms with van der Waals surface area (Å²) in [5.41, 5.74) is 11.5. The van der Waals surface area contributed by atoms with E-state index in [-0.39, 0.29) is 46.9 Å². The van der Waals surface area contributed by atoms with Crippen LogP contribution in [0.15, 0.2) is 18.2 Å². The number of amides is 1. The summed E-state index contributed by atoms with van der Waals surface area (Å²) in [6, 6.07) is 3.57. The van der Waals surface area contributed by atoms with Crippen molar-refractivity contribution in [2.45, 2.75) is 26.3 Å². The van der Waals surface area contributed by atoms with Crippen LogP contribution < -0.4 is 26.8 Å². The maximum absolute atomic E-state index is 14.7. The predicted molar refractivity (Wildman–Crippen MR) is 119 cm³/mol. The molecule has 0 radical (unpaired) electrons. The summed E-state index contributed by atoms with van der Waals surface area (Å²) in [7, 11) is 3.02. The third-order valence-electron chi connectivity index (χ3n) is 4.94. The Hall–Kier alpha value is -3.47. The van der Waals surface area contributed by atoms with Crippen molar-refractivity contribution in [3.8, 4) is 5.88 Å². The summed E-state index contributed by atoms with van der Waals surface area (Å²) >= 11 is 0. The molecular formula is C21H27F2N7O2. The SMILES string of the molecule is COc1nn(C)c2c(F)cc(Nc3nc(N[C@@H](CN)CC(C)C)c(F)cc3C(N)=O)cc12. The molecule has 2 heterocycles. The number of aryl methyl sites for hydroxylation is 1. The van der Waals surface area contributed by atoms with E-state index in [4.69, 9.17) is 16.2 Å². The van der Waals surface area contributed by atoms with Crippen molar-refractivity contribution in [2.75, 3.05) is 24.3 Å². The fourth-order valence-electron chi connectivity index (χ4n) is 3.54. The monoisotopic (exact) mass is 447 g/mol. The number of carbonyl (C=O) groups is 1. The van der Waals surface area contributed by atoms with E-state index in [1.165, 1.54) is 17.9 Å². The number of fused-ring (bicyclic) bond motifs is 1. The lowest BCUT2D eigenvalue weighted by atomic mass is 10.0. The lowest BCUT2D eigenvalue weighted by molar-refractivity contribution is 0.100. The van der Waals surface area contributed by atoms with Crippen molar-refractivity contribution < 1.29 is 18.3 Å². The van der Waals surface area contributed by atoms with Crippen LogP contribution in [0.2, 0.25) is 0 Å². The van der Waals surface area contributed by atoms with Gasteiger partial charge in [-0.25, -0.2) is 13.8 Å². The van der Waals surface area contributed by atoms with E-state index in [0.29, 0.717) is 17.7 Å². The molecule has 2 aromatic heterocycles. The number of methoxy groups -OCH3 is 1. The molecule has 0 bridgehead atoms. The highest BCUT2D eigenvalue weighted by atomic mass is 19.1. The van der Waals surface area contributed by atoms with E-state index in [0.717, 1.165) is 6.07 Å². The molecule has 11 heteroatoms. The topological polar surface area (TPSA) is 133 Å². The summed E-state index contributed by atoms with van der Waals surface area (Å²) in [6.45, 7) is 4.31. The highest BCUT2D eigenvalue weighted by Crippen LogP contribution is 2.32. The number of nitrogens with zero attached hydrogens (tertiary/aromatic N) is 3. The zero-order valence-corrected chi connectivity index (χ0v) is 18.4. The first-order valence-electron chi connectivity index (χ1n) is 10.1. The summed E-state index contributed by atoms with van der Waals surface area (Å²) in [4.78, 5) is 16.1. The van der Waals surface area contributed by atoms with Crippen LogP contribution in [-0.4, -0.2) is 40.4 Å².